The molecule has 4 aromatic heterocycles. The zero-order valence-corrected chi connectivity index (χ0v) is 54.1. The maximum atomic E-state index is 10.5. The maximum Gasteiger partial charge on any atom is 1.00 e. The fourth-order valence-electron chi connectivity index (χ4n) is 7.70. The Bertz CT molecular complexity index is 2710. The molecule has 1 aliphatic heterocycles. The molecule has 5 heterocycles. The molecule has 1 amide bonds. The number of nitrogens with zero attached hydrogens (tertiary/aromatic N) is 8. The molecule has 9 rings (SSSR count). The average Bonchev–Trinajstić information content (AvgIpc) is 4.00. The molecule has 1 aliphatic rings. The molecule has 83 heavy (non-hydrogen) atoms. The molecule has 0 spiro atoms. The molecular weight excluding hydrogens is 1100 g/mol. The van der Waals surface area contributed by atoms with Crippen molar-refractivity contribution in [3.63, 3.8) is 0 Å². The van der Waals surface area contributed by atoms with Crippen LogP contribution in [0.25, 0.3) is 0 Å². The van der Waals surface area contributed by atoms with Crippen molar-refractivity contribution >= 4 is 58.2 Å². The van der Waals surface area contributed by atoms with Crippen molar-refractivity contribution in [1.82, 2.24) is 29.7 Å². The van der Waals surface area contributed by atoms with E-state index in [0.717, 1.165) is 86.8 Å². The smallest absolute Gasteiger partial charge is 0.857 e. The van der Waals surface area contributed by atoms with E-state index >= 15 is 0 Å². The van der Waals surface area contributed by atoms with Crippen LogP contribution in [0.1, 0.15) is 104 Å². The zero-order chi connectivity index (χ0) is 58.8. The van der Waals surface area contributed by atoms with Gasteiger partial charge >= 0.3 is 29.6 Å². The Morgan fingerprint density at radius 3 is 1.08 bits per heavy atom. The third kappa shape index (κ3) is 30.0. The first-order valence-electron chi connectivity index (χ1n) is 27.1. The number of benzene rings is 4. The van der Waals surface area contributed by atoms with E-state index in [2.05, 4.69) is 186 Å². The molecule has 8 aromatic rings. The van der Waals surface area contributed by atoms with Gasteiger partial charge in [0.15, 0.2) is 0 Å². The van der Waals surface area contributed by atoms with Gasteiger partial charge < -0.3 is 30.4 Å². The van der Waals surface area contributed by atoms with Crippen LogP contribution in [0.5, 0.6) is 0 Å². The van der Waals surface area contributed by atoms with Crippen LogP contribution in [0.2, 0.25) is 15.5 Å². The van der Waals surface area contributed by atoms with Gasteiger partial charge in [0.1, 0.15) is 32.9 Å². The predicted octanol–water partition coefficient (Wildman–Crippen LogP) is 13.0. The zero-order valence-electron chi connectivity index (χ0n) is 49.8. The van der Waals surface area contributed by atoms with E-state index in [0.29, 0.717) is 27.2 Å². The quantitative estimate of drug-likeness (QED) is 0.0879. The summed E-state index contributed by atoms with van der Waals surface area (Å²) in [5.41, 5.74) is 17.0. The van der Waals surface area contributed by atoms with Crippen molar-refractivity contribution in [3.05, 3.63) is 241 Å². The number of hydrogen-bond acceptors (Lipinski definition) is 10. The van der Waals surface area contributed by atoms with Crippen LogP contribution in [-0.2, 0) is 31.0 Å². The number of rotatable bonds is 13. The fraction of sp³-hybridized carbons (Fsp3) is 0.338. The van der Waals surface area contributed by atoms with Crippen molar-refractivity contribution in [2.24, 2.45) is 0 Å². The van der Waals surface area contributed by atoms with Gasteiger partial charge in [-0.15, -0.1) is 0 Å². The second-order valence-electron chi connectivity index (χ2n) is 18.9. The van der Waals surface area contributed by atoms with Gasteiger partial charge in [0.05, 0.1) is 0 Å². The van der Waals surface area contributed by atoms with Crippen LogP contribution in [0.3, 0.4) is 0 Å². The third-order valence-electron chi connectivity index (χ3n) is 12.9. The summed E-state index contributed by atoms with van der Waals surface area (Å²) in [7, 11) is 2.59. The van der Waals surface area contributed by atoms with Crippen LogP contribution in [0.15, 0.2) is 170 Å². The standard InChI is InChI=1S/C21H22N2.C20H19ClN2.C7H10N2.C6H5Cl2N.C6H15N.C5H9NO.CH3O.2CH4.Na/c1-17-13-14-21(22-18(17)2)23(15-19-9-5-3-6-10-19)16-20-11-7-4-8-12-20;1-16-12-13-19(22-20(16)21)23(14-17-8-4-2-5-9-17)15-18-10-6-3-7-11-18;1-5-3-4-7(8)9-6(5)2;1-4-2-3-5(7)9-6(4)8;1-4-7(5-2)6-3;1-6-4-2-3-5(6)7;1-2;;;/h3-14H,15-16H2,1-2H3;2-13H,14-15H2,1H3;3-4H,1-2H3,(H2,8,9);2-3H,1H3;4-6H2,1-3H3;2-4H2,1H3;1H3;2*1H4;/q;;;;;;-1;;;+1. The number of aromatic nitrogens is 4. The first-order valence-corrected chi connectivity index (χ1v) is 28.2. The number of amides is 1. The Morgan fingerprint density at radius 2 is 0.819 bits per heavy atom. The maximum absolute atomic E-state index is 10.5. The number of pyridine rings is 4. The minimum atomic E-state index is 0. The molecular formula is C68H91Cl3N9NaO2. The molecule has 442 valence electrons. The number of anilines is 3. The molecule has 0 aliphatic carbocycles. The van der Waals surface area contributed by atoms with Crippen LogP contribution in [-0.4, -0.2) is 76.0 Å². The summed E-state index contributed by atoms with van der Waals surface area (Å²) in [5, 5.41) is 9.72. The Morgan fingerprint density at radius 1 is 0.482 bits per heavy atom. The first kappa shape index (κ1) is 77.1. The second kappa shape index (κ2) is 43.7. The number of nitrogen functional groups attached to an aromatic ring is 1. The van der Waals surface area contributed by atoms with Crippen molar-refractivity contribution < 1.29 is 39.5 Å². The number of aryl methyl sites for hydroxylation is 6. The fourth-order valence-corrected chi connectivity index (χ4v) is 8.20. The van der Waals surface area contributed by atoms with Crippen LogP contribution in [0.4, 0.5) is 17.5 Å². The second-order valence-corrected chi connectivity index (χ2v) is 20.0. The number of carbonyl (C=O) groups excluding carboxylic acids is 1. The summed E-state index contributed by atoms with van der Waals surface area (Å²) in [4.78, 5) is 36.4. The van der Waals surface area contributed by atoms with E-state index in [-0.39, 0.29) is 44.4 Å². The minimum absolute atomic E-state index is 0. The van der Waals surface area contributed by atoms with E-state index < -0.39 is 0 Å². The van der Waals surface area contributed by atoms with Gasteiger partial charge in [-0.25, -0.2) is 19.9 Å². The summed E-state index contributed by atoms with van der Waals surface area (Å²) >= 11 is 17.4. The van der Waals surface area contributed by atoms with Gasteiger partial charge in [0, 0.05) is 57.6 Å². The summed E-state index contributed by atoms with van der Waals surface area (Å²) in [6.45, 7) is 26.4. The van der Waals surface area contributed by atoms with E-state index in [1.807, 2.05) is 77.2 Å². The Balaban J connectivity index is 0.00000103. The molecule has 0 unspecified atom stereocenters. The molecule has 15 heteroatoms. The summed E-state index contributed by atoms with van der Waals surface area (Å²) in [6.07, 6.45) is 1.81. The Labute approximate surface area is 536 Å². The third-order valence-corrected chi connectivity index (χ3v) is 13.9. The molecule has 0 atom stereocenters. The van der Waals surface area contributed by atoms with Crippen molar-refractivity contribution in [3.8, 4) is 0 Å². The molecule has 0 bridgehead atoms. The molecule has 1 saturated heterocycles. The number of likely N-dealkylation sites (tertiary alicyclic amines) is 1. The number of nitrogens with two attached hydrogens (primary N) is 1. The van der Waals surface area contributed by atoms with Gasteiger partial charge in [0.25, 0.3) is 0 Å². The van der Waals surface area contributed by atoms with Crippen molar-refractivity contribution in [2.45, 2.75) is 116 Å². The van der Waals surface area contributed by atoms with Crippen LogP contribution in [0, 0.1) is 41.5 Å². The first-order chi connectivity index (χ1) is 38.5. The summed E-state index contributed by atoms with van der Waals surface area (Å²) < 4.78 is 0. The molecule has 4 aromatic carbocycles. The molecule has 1 fully saturated rings. The number of hydrogen-bond donors (Lipinski definition) is 1. The largest absolute Gasteiger partial charge is 1.00 e. The van der Waals surface area contributed by atoms with E-state index in [1.165, 1.54) is 53.0 Å². The van der Waals surface area contributed by atoms with Crippen LogP contribution < -0.4 is 50.2 Å². The van der Waals surface area contributed by atoms with Gasteiger partial charge in [-0.05, 0) is 136 Å². The number of halogens is 3. The molecule has 0 saturated carbocycles. The summed E-state index contributed by atoms with van der Waals surface area (Å²) in [5.74, 6) is 2.81. The Hall–Kier alpha value is -5.86. The van der Waals surface area contributed by atoms with Gasteiger partial charge in [-0.3, -0.25) is 4.79 Å². The summed E-state index contributed by atoms with van der Waals surface area (Å²) in [6, 6.07) is 57.6. The van der Waals surface area contributed by atoms with E-state index in [4.69, 9.17) is 50.6 Å². The monoisotopic (exact) mass is 1190 g/mol. The molecule has 11 nitrogen and oxygen atoms in total. The molecule has 2 N–H and O–H groups in total. The van der Waals surface area contributed by atoms with Crippen molar-refractivity contribution in [1.29, 1.82) is 0 Å². The van der Waals surface area contributed by atoms with E-state index in [1.54, 1.807) is 11.0 Å². The van der Waals surface area contributed by atoms with Gasteiger partial charge in [-0.1, -0.05) is 216 Å². The Kier molecular flexibility index (Phi) is 40.6. The number of carbonyl (C=O) groups is 1. The van der Waals surface area contributed by atoms with Crippen molar-refractivity contribution in [2.75, 3.05) is 55.9 Å². The topological polar surface area (TPSA) is 131 Å². The normalized spacial score (nSPS) is 10.7. The predicted molar refractivity (Wildman–Crippen MR) is 350 cm³/mol. The SMILES string of the molecule is C.C.CCN(CC)CC.CN1CCCC1=O.C[O-].Cc1ccc(Cl)nc1Cl.Cc1ccc(N(Cc2ccccc2)Cc2ccccc2)nc1C.Cc1ccc(N(Cc2ccccc2)Cc2ccccc2)nc1Cl.Cc1ccc(N)nc1C.[Na+]. The minimum Gasteiger partial charge on any atom is -0.857 e. The molecule has 0 radical (unpaired) electrons. The van der Waals surface area contributed by atoms with E-state index in [9.17, 15) is 4.79 Å². The average molecular weight is 1200 g/mol. The van der Waals surface area contributed by atoms with Crippen LogP contribution >= 0.6 is 34.8 Å². The van der Waals surface area contributed by atoms with Gasteiger partial charge in [-0.2, -0.15) is 7.11 Å². The van der Waals surface area contributed by atoms with Gasteiger partial charge in [0.2, 0.25) is 5.91 Å².